The average molecular weight is 285 g/mol. The summed E-state index contributed by atoms with van der Waals surface area (Å²) in [5.74, 6) is -0.994. The number of benzene rings is 1. The van der Waals surface area contributed by atoms with Crippen LogP contribution in [0.2, 0.25) is 0 Å². The second-order valence-corrected chi connectivity index (χ2v) is 6.52. The summed E-state index contributed by atoms with van der Waals surface area (Å²) in [4.78, 5) is 22.5. The molecule has 2 rings (SSSR count). The maximum atomic E-state index is 12.6. The van der Waals surface area contributed by atoms with E-state index in [0.29, 0.717) is 5.75 Å². The summed E-state index contributed by atoms with van der Waals surface area (Å²) in [5, 5.41) is 0. The summed E-state index contributed by atoms with van der Waals surface area (Å²) in [7, 11) is -2.11. The molecule has 0 aromatic heterocycles. The van der Waals surface area contributed by atoms with Crippen molar-refractivity contribution in [2.75, 3.05) is 7.11 Å². The minimum Gasteiger partial charge on any atom is -0.393 e. The van der Waals surface area contributed by atoms with E-state index in [1.54, 1.807) is 30.3 Å². The van der Waals surface area contributed by atoms with Crippen molar-refractivity contribution in [2.45, 2.75) is 18.5 Å². The molecular weight excluding hydrogens is 271 g/mol. The van der Waals surface area contributed by atoms with Crippen LogP contribution in [0, 0.1) is 0 Å². The molecule has 1 N–H and O–H groups in total. The topological polar surface area (TPSA) is 82.5 Å². The van der Waals surface area contributed by atoms with Gasteiger partial charge in [-0.15, -0.1) is 0 Å². The first kappa shape index (κ1) is 13.8. The Balaban J connectivity index is 2.20. The van der Waals surface area contributed by atoms with Crippen LogP contribution in [0.25, 0.3) is 0 Å². The van der Waals surface area contributed by atoms with Gasteiger partial charge in [-0.25, -0.2) is 0 Å². The van der Waals surface area contributed by atoms with Crippen molar-refractivity contribution in [1.29, 1.82) is 0 Å². The van der Waals surface area contributed by atoms with E-state index in [4.69, 9.17) is 4.52 Å². The number of esters is 2. The molecule has 1 aliphatic rings. The fourth-order valence-electron chi connectivity index (χ4n) is 1.81. The van der Waals surface area contributed by atoms with Crippen LogP contribution < -0.4 is 4.52 Å². The van der Waals surface area contributed by atoms with E-state index >= 15 is 0 Å². The molecule has 0 aliphatic carbocycles. The maximum Gasteiger partial charge on any atom is 0.530 e. The molecule has 0 bridgehead atoms. The van der Waals surface area contributed by atoms with Gasteiger partial charge < -0.3 is 13.8 Å². The first-order valence-electron chi connectivity index (χ1n) is 5.73. The number of ether oxygens (including phenoxy) is 1. The van der Waals surface area contributed by atoms with Gasteiger partial charge in [0.15, 0.2) is 0 Å². The zero-order chi connectivity index (χ0) is 13.9. The molecular formula is C12H14O6P+. The summed E-state index contributed by atoms with van der Waals surface area (Å²) in [5.41, 5.74) is -0.758. The lowest BCUT2D eigenvalue weighted by atomic mass is 10.2. The third kappa shape index (κ3) is 3.22. The zero-order valence-corrected chi connectivity index (χ0v) is 11.2. The third-order valence-corrected chi connectivity index (χ3v) is 5.07. The highest BCUT2D eigenvalue weighted by molar-refractivity contribution is 7.54. The largest absolute Gasteiger partial charge is 0.530 e. The summed E-state index contributed by atoms with van der Waals surface area (Å²) in [6.07, 6.45) is -0.264. The Morgan fingerprint density at radius 3 is 2.32 bits per heavy atom. The van der Waals surface area contributed by atoms with Crippen LogP contribution in [0.15, 0.2) is 30.3 Å². The van der Waals surface area contributed by atoms with Gasteiger partial charge in [0.05, 0.1) is 12.8 Å². The quantitative estimate of drug-likeness (QED) is 0.363. The Hall–Kier alpha value is -1.65. The molecule has 7 heteroatoms. The van der Waals surface area contributed by atoms with Crippen LogP contribution in [-0.4, -0.2) is 29.2 Å². The lowest BCUT2D eigenvalue weighted by molar-refractivity contribution is -0.163. The third-order valence-electron chi connectivity index (χ3n) is 2.75. The van der Waals surface area contributed by atoms with Gasteiger partial charge in [0, 0.05) is 0 Å². The van der Waals surface area contributed by atoms with Crippen LogP contribution in [0.3, 0.4) is 0 Å². The van der Waals surface area contributed by atoms with Gasteiger partial charge in [-0.2, -0.15) is 4.57 Å². The molecule has 0 saturated carbocycles. The molecule has 0 radical (unpaired) electrons. The number of rotatable bonds is 4. The Bertz CT molecular complexity index is 510. The number of hydrogen-bond acceptors (Lipinski definition) is 5. The molecule has 0 amide bonds. The van der Waals surface area contributed by atoms with Crippen molar-refractivity contribution < 1.29 is 27.9 Å². The van der Waals surface area contributed by atoms with Crippen LogP contribution in [0.5, 0.6) is 5.75 Å². The molecule has 1 unspecified atom stereocenters. The second-order valence-electron chi connectivity index (χ2n) is 4.08. The fourth-order valence-corrected chi connectivity index (χ4v) is 3.55. The molecule has 1 aromatic rings. The summed E-state index contributed by atoms with van der Waals surface area (Å²) in [6.45, 7) is 0. The van der Waals surface area contributed by atoms with Gasteiger partial charge in [0.1, 0.15) is 18.5 Å². The minimum atomic E-state index is -3.47. The van der Waals surface area contributed by atoms with Crippen molar-refractivity contribution in [1.82, 2.24) is 0 Å². The molecule has 1 heterocycles. The van der Waals surface area contributed by atoms with Gasteiger partial charge >= 0.3 is 19.5 Å². The van der Waals surface area contributed by atoms with E-state index in [-0.39, 0.29) is 12.8 Å². The number of carbonyl (C=O) groups is 2. The predicted molar refractivity (Wildman–Crippen MR) is 66.9 cm³/mol. The van der Waals surface area contributed by atoms with E-state index in [2.05, 4.69) is 9.26 Å². The molecule has 1 saturated heterocycles. The Morgan fingerprint density at radius 2 is 1.79 bits per heavy atom. The highest BCUT2D eigenvalue weighted by atomic mass is 31.2. The van der Waals surface area contributed by atoms with Crippen molar-refractivity contribution in [3.8, 4) is 5.75 Å². The highest BCUT2D eigenvalue weighted by Crippen LogP contribution is 2.53. The first-order chi connectivity index (χ1) is 9.03. The van der Waals surface area contributed by atoms with Gasteiger partial charge in [-0.05, 0) is 12.1 Å². The normalized spacial score (nSPS) is 19.6. The smallest absolute Gasteiger partial charge is 0.393 e. The monoisotopic (exact) mass is 285 g/mol. The van der Waals surface area contributed by atoms with Crippen molar-refractivity contribution in [3.63, 3.8) is 0 Å². The Labute approximate surface area is 110 Å². The minimum absolute atomic E-state index is 0.132. The molecule has 102 valence electrons. The molecule has 1 fully saturated rings. The number of aliphatic hydroxyl groups is 1. The summed E-state index contributed by atoms with van der Waals surface area (Å²) < 4.78 is 26.3. The molecule has 0 spiro atoms. The standard InChI is InChI=1S/C12H13O6P/c1-16-19(15,18-9-5-3-2-4-6-9)10-7-11(13)17-12(14)8-10/h2-6,10H,7-8H2,1H3/p+1. The van der Waals surface area contributed by atoms with Crippen LogP contribution in [-0.2, 0) is 18.9 Å². The van der Waals surface area contributed by atoms with E-state index < -0.39 is 25.2 Å². The lowest BCUT2D eigenvalue weighted by Crippen LogP contribution is -2.31. The van der Waals surface area contributed by atoms with E-state index in [1.807, 2.05) is 0 Å². The number of para-hydroxylation sites is 1. The first-order valence-corrected chi connectivity index (χ1v) is 7.37. The predicted octanol–water partition coefficient (Wildman–Crippen LogP) is 1.65. The van der Waals surface area contributed by atoms with Crippen molar-refractivity contribution in [3.05, 3.63) is 30.3 Å². The van der Waals surface area contributed by atoms with Crippen LogP contribution >= 0.6 is 7.60 Å². The number of carbonyl (C=O) groups excluding carboxylic acids is 2. The Kier molecular flexibility index (Phi) is 4.02. The fraction of sp³-hybridized carbons (Fsp3) is 0.333. The molecule has 6 nitrogen and oxygen atoms in total. The highest BCUT2D eigenvalue weighted by Gasteiger charge is 2.48. The van der Waals surface area contributed by atoms with Crippen LogP contribution in [0.1, 0.15) is 12.8 Å². The summed E-state index contributed by atoms with van der Waals surface area (Å²) >= 11 is 0. The molecule has 1 aromatic carbocycles. The second kappa shape index (κ2) is 5.55. The van der Waals surface area contributed by atoms with Gasteiger partial charge in [-0.3, -0.25) is 9.59 Å². The van der Waals surface area contributed by atoms with Crippen molar-refractivity contribution in [2.24, 2.45) is 0 Å². The summed E-state index contributed by atoms with van der Waals surface area (Å²) in [6, 6.07) is 8.54. The molecule has 1 atom stereocenters. The number of cyclic esters (lactones) is 2. The lowest BCUT2D eigenvalue weighted by Gasteiger charge is -2.23. The van der Waals surface area contributed by atoms with Gasteiger partial charge in [0.2, 0.25) is 0 Å². The number of hydrogen-bond donors (Lipinski definition) is 0. The van der Waals surface area contributed by atoms with Gasteiger partial charge in [0.25, 0.3) is 0 Å². The molecule has 19 heavy (non-hydrogen) atoms. The molecule has 1 aliphatic heterocycles. The van der Waals surface area contributed by atoms with E-state index in [9.17, 15) is 14.2 Å². The van der Waals surface area contributed by atoms with E-state index in [1.165, 1.54) is 7.11 Å². The van der Waals surface area contributed by atoms with Gasteiger partial charge in [-0.1, -0.05) is 18.2 Å². The van der Waals surface area contributed by atoms with E-state index in [0.717, 1.165) is 0 Å². The Morgan fingerprint density at radius 1 is 1.21 bits per heavy atom. The SMILES string of the molecule is C[OH+]P(=O)(Oc1ccccc1)C1CC(=O)OC(=O)C1. The van der Waals surface area contributed by atoms with Crippen LogP contribution in [0.4, 0.5) is 0 Å². The maximum absolute atomic E-state index is 12.6. The van der Waals surface area contributed by atoms with Crippen molar-refractivity contribution >= 4 is 19.5 Å². The average Bonchev–Trinajstić information content (AvgIpc) is 2.38. The zero-order valence-electron chi connectivity index (χ0n) is 10.3.